The predicted octanol–water partition coefficient (Wildman–Crippen LogP) is 1.72. The standard InChI is InChI=1S/C15H15N3O2/c1-10-6-8-18(9-7-10)15(20)13-11-4-2-3-5-12(11)14(19)17-16-13/h2-6H,7-9H2,1H3,(H,17,19). The van der Waals surface area contributed by atoms with Gasteiger partial charge in [-0.15, -0.1) is 0 Å². The summed E-state index contributed by atoms with van der Waals surface area (Å²) in [6, 6.07) is 7.04. The third kappa shape index (κ3) is 2.11. The number of aromatic amines is 1. The maximum absolute atomic E-state index is 12.5. The van der Waals surface area contributed by atoms with Crippen molar-refractivity contribution in [2.45, 2.75) is 13.3 Å². The molecule has 1 aliphatic heterocycles. The van der Waals surface area contributed by atoms with Crippen molar-refractivity contribution in [3.63, 3.8) is 0 Å². The minimum Gasteiger partial charge on any atom is -0.333 e. The summed E-state index contributed by atoms with van der Waals surface area (Å²) >= 11 is 0. The number of carbonyl (C=O) groups is 1. The van der Waals surface area contributed by atoms with Gasteiger partial charge >= 0.3 is 0 Å². The lowest BCUT2D eigenvalue weighted by Gasteiger charge is -2.25. The van der Waals surface area contributed by atoms with Gasteiger partial charge in [0, 0.05) is 18.5 Å². The highest BCUT2D eigenvalue weighted by Gasteiger charge is 2.21. The zero-order chi connectivity index (χ0) is 14.1. The normalized spacial score (nSPS) is 15.2. The van der Waals surface area contributed by atoms with Crippen LogP contribution < -0.4 is 5.56 Å². The van der Waals surface area contributed by atoms with Crippen molar-refractivity contribution >= 4 is 16.7 Å². The number of H-pyrrole nitrogens is 1. The van der Waals surface area contributed by atoms with Crippen LogP contribution in [-0.2, 0) is 0 Å². The maximum Gasteiger partial charge on any atom is 0.275 e. The Kier molecular flexibility index (Phi) is 3.10. The zero-order valence-electron chi connectivity index (χ0n) is 11.2. The van der Waals surface area contributed by atoms with Crippen LogP contribution in [0.25, 0.3) is 10.8 Å². The molecule has 3 rings (SSSR count). The number of aromatic nitrogens is 2. The molecule has 5 nitrogen and oxygen atoms in total. The molecule has 1 aromatic carbocycles. The number of amides is 1. The molecular weight excluding hydrogens is 254 g/mol. The van der Waals surface area contributed by atoms with Gasteiger partial charge in [0.25, 0.3) is 11.5 Å². The van der Waals surface area contributed by atoms with E-state index in [-0.39, 0.29) is 11.5 Å². The van der Waals surface area contributed by atoms with Gasteiger partial charge in [-0.05, 0) is 19.4 Å². The minimum absolute atomic E-state index is 0.138. The molecule has 1 amide bonds. The van der Waals surface area contributed by atoms with Crippen LogP contribution in [0.1, 0.15) is 23.8 Å². The number of rotatable bonds is 1. The zero-order valence-corrected chi connectivity index (χ0v) is 11.2. The largest absolute Gasteiger partial charge is 0.333 e. The van der Waals surface area contributed by atoms with Crippen LogP contribution in [0, 0.1) is 0 Å². The average Bonchev–Trinajstić information content (AvgIpc) is 2.48. The quantitative estimate of drug-likeness (QED) is 0.801. The smallest absolute Gasteiger partial charge is 0.275 e. The number of fused-ring (bicyclic) bond motifs is 1. The molecule has 0 radical (unpaired) electrons. The number of nitrogens with zero attached hydrogens (tertiary/aromatic N) is 2. The third-order valence-corrected chi connectivity index (χ3v) is 3.62. The van der Waals surface area contributed by atoms with E-state index in [1.165, 1.54) is 5.57 Å². The molecule has 2 heterocycles. The highest BCUT2D eigenvalue weighted by molar-refractivity contribution is 6.04. The molecule has 1 N–H and O–H groups in total. The van der Waals surface area contributed by atoms with Crippen molar-refractivity contribution < 1.29 is 4.79 Å². The van der Waals surface area contributed by atoms with Crippen LogP contribution in [0.5, 0.6) is 0 Å². The Hall–Kier alpha value is -2.43. The second-order valence-electron chi connectivity index (χ2n) is 5.00. The Morgan fingerprint density at radius 3 is 2.75 bits per heavy atom. The van der Waals surface area contributed by atoms with Gasteiger partial charge in [0.1, 0.15) is 0 Å². The molecule has 0 bridgehead atoms. The first kappa shape index (κ1) is 12.6. The van der Waals surface area contributed by atoms with E-state index in [2.05, 4.69) is 23.2 Å². The SMILES string of the molecule is CC1=CCN(C(=O)c2n[nH]c(=O)c3ccccc23)CC1. The van der Waals surface area contributed by atoms with Gasteiger partial charge in [-0.2, -0.15) is 5.10 Å². The van der Waals surface area contributed by atoms with Gasteiger partial charge in [0.2, 0.25) is 0 Å². The number of hydrogen-bond donors (Lipinski definition) is 1. The molecule has 102 valence electrons. The minimum atomic E-state index is -0.272. The van der Waals surface area contributed by atoms with Gasteiger partial charge in [-0.1, -0.05) is 29.8 Å². The molecule has 20 heavy (non-hydrogen) atoms. The lowest BCUT2D eigenvalue weighted by molar-refractivity contribution is 0.0764. The second kappa shape index (κ2) is 4.92. The van der Waals surface area contributed by atoms with Crippen molar-refractivity contribution in [3.05, 3.63) is 52.0 Å². The van der Waals surface area contributed by atoms with E-state index >= 15 is 0 Å². The molecule has 1 aromatic heterocycles. The summed E-state index contributed by atoms with van der Waals surface area (Å²) in [7, 11) is 0. The van der Waals surface area contributed by atoms with Crippen molar-refractivity contribution in [3.8, 4) is 0 Å². The monoisotopic (exact) mass is 269 g/mol. The Morgan fingerprint density at radius 2 is 2.05 bits per heavy atom. The summed E-state index contributed by atoms with van der Waals surface area (Å²) in [4.78, 5) is 26.0. The molecule has 1 aliphatic rings. The summed E-state index contributed by atoms with van der Waals surface area (Å²) in [5.74, 6) is -0.138. The van der Waals surface area contributed by atoms with E-state index in [9.17, 15) is 9.59 Å². The molecule has 0 unspecified atom stereocenters. The molecule has 0 saturated heterocycles. The van der Waals surface area contributed by atoms with E-state index < -0.39 is 0 Å². The summed E-state index contributed by atoms with van der Waals surface area (Å²) in [5.41, 5.74) is 1.34. The number of nitrogens with one attached hydrogen (secondary N) is 1. The molecule has 0 spiro atoms. The van der Waals surface area contributed by atoms with Crippen molar-refractivity contribution in [1.29, 1.82) is 0 Å². The van der Waals surface area contributed by atoms with E-state index in [0.717, 1.165) is 6.42 Å². The Labute approximate surface area is 115 Å². The molecular formula is C15H15N3O2. The summed E-state index contributed by atoms with van der Waals surface area (Å²) in [6.45, 7) is 3.35. The van der Waals surface area contributed by atoms with Gasteiger partial charge in [-0.25, -0.2) is 5.10 Å². The lowest BCUT2D eigenvalue weighted by Crippen LogP contribution is -2.35. The predicted molar refractivity (Wildman–Crippen MR) is 76.6 cm³/mol. The lowest BCUT2D eigenvalue weighted by atomic mass is 10.1. The van der Waals surface area contributed by atoms with Crippen LogP contribution >= 0.6 is 0 Å². The third-order valence-electron chi connectivity index (χ3n) is 3.62. The second-order valence-corrected chi connectivity index (χ2v) is 5.00. The molecule has 5 heteroatoms. The first-order valence-corrected chi connectivity index (χ1v) is 6.59. The Bertz CT molecular complexity index is 761. The van der Waals surface area contributed by atoms with Crippen molar-refractivity contribution in [2.24, 2.45) is 0 Å². The fourth-order valence-corrected chi connectivity index (χ4v) is 2.38. The number of hydrogen-bond acceptors (Lipinski definition) is 3. The van der Waals surface area contributed by atoms with Crippen LogP contribution in [0.2, 0.25) is 0 Å². The number of benzene rings is 1. The highest BCUT2D eigenvalue weighted by atomic mass is 16.2. The van der Waals surface area contributed by atoms with E-state index in [1.54, 1.807) is 29.2 Å². The van der Waals surface area contributed by atoms with Crippen molar-refractivity contribution in [1.82, 2.24) is 15.1 Å². The highest BCUT2D eigenvalue weighted by Crippen LogP contribution is 2.17. The first-order chi connectivity index (χ1) is 9.66. The number of carbonyl (C=O) groups excluding carboxylic acids is 1. The van der Waals surface area contributed by atoms with Gasteiger partial charge in [0.05, 0.1) is 5.39 Å². The average molecular weight is 269 g/mol. The van der Waals surface area contributed by atoms with E-state index in [4.69, 9.17) is 0 Å². The van der Waals surface area contributed by atoms with Gasteiger partial charge in [-0.3, -0.25) is 9.59 Å². The van der Waals surface area contributed by atoms with E-state index in [1.807, 2.05) is 0 Å². The van der Waals surface area contributed by atoms with Crippen LogP contribution in [0.15, 0.2) is 40.7 Å². The summed E-state index contributed by atoms with van der Waals surface area (Å²) < 4.78 is 0. The Balaban J connectivity index is 2.05. The van der Waals surface area contributed by atoms with Gasteiger partial charge < -0.3 is 4.90 Å². The molecule has 0 aliphatic carbocycles. The molecule has 0 atom stereocenters. The fourth-order valence-electron chi connectivity index (χ4n) is 2.38. The van der Waals surface area contributed by atoms with E-state index in [0.29, 0.717) is 29.6 Å². The Morgan fingerprint density at radius 1 is 1.30 bits per heavy atom. The topological polar surface area (TPSA) is 66.1 Å². The molecule has 0 fully saturated rings. The van der Waals surface area contributed by atoms with Crippen LogP contribution in [-0.4, -0.2) is 34.1 Å². The van der Waals surface area contributed by atoms with Gasteiger partial charge in [0.15, 0.2) is 5.69 Å². The molecule has 2 aromatic rings. The maximum atomic E-state index is 12.5. The van der Waals surface area contributed by atoms with Crippen LogP contribution in [0.3, 0.4) is 0 Å². The summed E-state index contributed by atoms with van der Waals surface area (Å²) in [5, 5.41) is 7.45. The first-order valence-electron chi connectivity index (χ1n) is 6.59. The fraction of sp³-hybridized carbons (Fsp3) is 0.267. The molecule has 0 saturated carbocycles. The van der Waals surface area contributed by atoms with Crippen molar-refractivity contribution in [2.75, 3.05) is 13.1 Å². The van der Waals surface area contributed by atoms with Crippen LogP contribution in [0.4, 0.5) is 0 Å². The summed E-state index contributed by atoms with van der Waals surface area (Å²) in [6.07, 6.45) is 2.93.